The maximum absolute atomic E-state index is 13.3. The van der Waals surface area contributed by atoms with Crippen molar-refractivity contribution in [2.45, 2.75) is 32.4 Å². The molecule has 0 fully saturated rings. The lowest BCUT2D eigenvalue weighted by atomic mass is 9.95. The summed E-state index contributed by atoms with van der Waals surface area (Å²) in [5.41, 5.74) is 0.00972. The highest BCUT2D eigenvalue weighted by atomic mass is 19.1. The predicted molar refractivity (Wildman–Crippen MR) is 83.6 cm³/mol. The molecule has 0 spiro atoms. The van der Waals surface area contributed by atoms with Gasteiger partial charge in [-0.25, -0.2) is 4.39 Å². The average Bonchev–Trinajstić information content (AvgIpc) is 3.15. The van der Waals surface area contributed by atoms with Crippen LogP contribution in [0.3, 0.4) is 0 Å². The van der Waals surface area contributed by atoms with Gasteiger partial charge in [-0.05, 0) is 26.0 Å². The van der Waals surface area contributed by atoms with E-state index < -0.39 is 5.60 Å². The fourth-order valence-corrected chi connectivity index (χ4v) is 2.34. The molecule has 0 aliphatic carbocycles. The molecule has 1 aliphatic rings. The van der Waals surface area contributed by atoms with Gasteiger partial charge in [-0.2, -0.15) is 5.10 Å². The molecule has 0 radical (unpaired) electrons. The minimum Gasteiger partial charge on any atom is -0.379 e. The van der Waals surface area contributed by atoms with Crippen molar-refractivity contribution in [2.75, 3.05) is 5.32 Å². The van der Waals surface area contributed by atoms with Crippen molar-refractivity contribution < 1.29 is 14.0 Å². The first-order valence-electron chi connectivity index (χ1n) is 7.36. The van der Waals surface area contributed by atoms with Crippen LogP contribution in [0.4, 0.5) is 10.2 Å². The molecule has 1 aromatic heterocycles. The number of aromatic nitrogens is 2. The number of aryl methyl sites for hydroxylation is 1. The van der Waals surface area contributed by atoms with E-state index in [0.29, 0.717) is 17.1 Å². The largest absolute Gasteiger partial charge is 0.379 e. The van der Waals surface area contributed by atoms with Crippen LogP contribution in [-0.2, 0) is 16.2 Å². The van der Waals surface area contributed by atoms with Gasteiger partial charge in [-0.3, -0.25) is 9.48 Å². The van der Waals surface area contributed by atoms with Gasteiger partial charge in [0.25, 0.3) is 5.91 Å². The molecule has 0 unspecified atom stereocenters. The van der Waals surface area contributed by atoms with Crippen molar-refractivity contribution in [3.05, 3.63) is 47.9 Å². The zero-order valence-corrected chi connectivity index (χ0v) is 12.9. The molecule has 1 aromatic carbocycles. The summed E-state index contributed by atoms with van der Waals surface area (Å²) in [5, 5.41) is 10.9. The molecule has 1 amide bonds. The number of carbonyl (C=O) groups excluding carboxylic acids is 1. The second kappa shape index (κ2) is 5.83. The van der Waals surface area contributed by atoms with E-state index in [1.165, 1.54) is 12.1 Å². The molecule has 0 saturated carbocycles. The molecule has 7 heteroatoms. The minimum absolute atomic E-state index is 0.261. The van der Waals surface area contributed by atoms with E-state index in [9.17, 15) is 9.18 Å². The molecule has 1 N–H and O–H groups in total. The number of nitrogens with zero attached hydrogens (tertiary/aromatic N) is 3. The molecule has 6 nitrogen and oxygen atoms in total. The Labute approximate surface area is 132 Å². The molecule has 23 heavy (non-hydrogen) atoms. The first kappa shape index (κ1) is 15.2. The fourth-order valence-electron chi connectivity index (χ4n) is 2.34. The number of carbonyl (C=O) groups is 1. The van der Waals surface area contributed by atoms with Gasteiger partial charge < -0.3 is 10.2 Å². The van der Waals surface area contributed by atoms with Gasteiger partial charge in [0, 0.05) is 30.8 Å². The molecule has 0 saturated heterocycles. The highest BCUT2D eigenvalue weighted by molar-refractivity contribution is 6.07. The number of benzene rings is 1. The monoisotopic (exact) mass is 316 g/mol. The van der Waals surface area contributed by atoms with Crippen LogP contribution in [0, 0.1) is 5.82 Å². The topological polar surface area (TPSA) is 68.5 Å². The average molecular weight is 316 g/mol. The van der Waals surface area contributed by atoms with Gasteiger partial charge >= 0.3 is 0 Å². The van der Waals surface area contributed by atoms with Gasteiger partial charge in [-0.1, -0.05) is 17.3 Å². The molecule has 2 heterocycles. The number of anilines is 1. The first-order valence-corrected chi connectivity index (χ1v) is 7.36. The van der Waals surface area contributed by atoms with Crippen LogP contribution in [-0.4, -0.2) is 27.0 Å². The summed E-state index contributed by atoms with van der Waals surface area (Å²) in [4.78, 5) is 17.8. The number of halogens is 1. The van der Waals surface area contributed by atoms with Crippen molar-refractivity contribution in [1.29, 1.82) is 0 Å². The van der Waals surface area contributed by atoms with E-state index in [0.717, 1.165) is 6.54 Å². The van der Waals surface area contributed by atoms with Crippen LogP contribution in [0.2, 0.25) is 0 Å². The summed E-state index contributed by atoms with van der Waals surface area (Å²) in [6.07, 6.45) is 2.04. The third-order valence-electron chi connectivity index (χ3n) is 3.71. The van der Waals surface area contributed by atoms with Crippen molar-refractivity contribution in [3.63, 3.8) is 0 Å². The number of amides is 1. The molecule has 1 atom stereocenters. The second-order valence-electron chi connectivity index (χ2n) is 5.56. The smallest absolute Gasteiger partial charge is 0.272 e. The molecule has 3 rings (SSSR count). The van der Waals surface area contributed by atoms with Gasteiger partial charge in [0.1, 0.15) is 5.82 Å². The number of oxime groups is 1. The lowest BCUT2D eigenvalue weighted by molar-refractivity contribution is -0.135. The van der Waals surface area contributed by atoms with Crippen LogP contribution in [0.15, 0.2) is 41.7 Å². The third kappa shape index (κ3) is 3.08. The number of hydrogen-bond acceptors (Lipinski definition) is 4. The Morgan fingerprint density at radius 3 is 3.00 bits per heavy atom. The zero-order chi connectivity index (χ0) is 16.4. The van der Waals surface area contributed by atoms with E-state index in [1.807, 2.05) is 6.92 Å². The lowest BCUT2D eigenvalue weighted by Crippen LogP contribution is -2.40. The Hall–Kier alpha value is -2.70. The lowest BCUT2D eigenvalue weighted by Gasteiger charge is -2.19. The predicted octanol–water partition coefficient (Wildman–Crippen LogP) is 2.56. The summed E-state index contributed by atoms with van der Waals surface area (Å²) in [6, 6.07) is 7.77. The van der Waals surface area contributed by atoms with E-state index >= 15 is 0 Å². The van der Waals surface area contributed by atoms with Gasteiger partial charge in [0.15, 0.2) is 5.82 Å². The van der Waals surface area contributed by atoms with E-state index in [4.69, 9.17) is 4.84 Å². The van der Waals surface area contributed by atoms with E-state index in [1.54, 1.807) is 36.0 Å². The standard InChI is InChI=1S/C16H17FN4O2/c1-3-21-8-7-14(19-21)18-15(22)16(2)10-13(20-23-16)11-5-4-6-12(17)9-11/h4-9H,3,10H2,1-2H3,(H,18,19,22)/t16-/m0/s1. The van der Waals surface area contributed by atoms with Crippen LogP contribution in [0.5, 0.6) is 0 Å². The maximum Gasteiger partial charge on any atom is 0.272 e. The van der Waals surface area contributed by atoms with Gasteiger partial charge in [0.2, 0.25) is 5.60 Å². The summed E-state index contributed by atoms with van der Waals surface area (Å²) in [7, 11) is 0. The number of nitrogens with one attached hydrogen (secondary N) is 1. The number of rotatable bonds is 4. The van der Waals surface area contributed by atoms with Crippen LogP contribution >= 0.6 is 0 Å². The van der Waals surface area contributed by atoms with Crippen molar-refractivity contribution in [3.8, 4) is 0 Å². The van der Waals surface area contributed by atoms with E-state index in [-0.39, 0.29) is 18.1 Å². The zero-order valence-electron chi connectivity index (χ0n) is 12.9. The Morgan fingerprint density at radius 1 is 1.48 bits per heavy atom. The summed E-state index contributed by atoms with van der Waals surface area (Å²) < 4.78 is 15.0. The van der Waals surface area contributed by atoms with Gasteiger partial charge in [0.05, 0.1) is 5.71 Å². The van der Waals surface area contributed by atoms with Crippen LogP contribution < -0.4 is 5.32 Å². The van der Waals surface area contributed by atoms with Gasteiger partial charge in [-0.15, -0.1) is 0 Å². The maximum atomic E-state index is 13.3. The molecule has 0 bridgehead atoms. The van der Waals surface area contributed by atoms with Crippen LogP contribution in [0.1, 0.15) is 25.8 Å². The number of hydrogen-bond donors (Lipinski definition) is 1. The molecular weight excluding hydrogens is 299 g/mol. The quantitative estimate of drug-likeness (QED) is 0.942. The van der Waals surface area contributed by atoms with Crippen LogP contribution in [0.25, 0.3) is 0 Å². The molecule has 2 aromatic rings. The molecule has 120 valence electrons. The second-order valence-corrected chi connectivity index (χ2v) is 5.56. The summed E-state index contributed by atoms with van der Waals surface area (Å²) >= 11 is 0. The fraction of sp³-hybridized carbons (Fsp3) is 0.312. The first-order chi connectivity index (χ1) is 11.0. The molecule has 1 aliphatic heterocycles. The Morgan fingerprint density at radius 2 is 2.30 bits per heavy atom. The Bertz CT molecular complexity index is 771. The molecular formula is C16H17FN4O2. The Balaban J connectivity index is 1.70. The van der Waals surface area contributed by atoms with Crippen molar-refractivity contribution in [2.24, 2.45) is 5.16 Å². The highest BCUT2D eigenvalue weighted by Crippen LogP contribution is 2.28. The highest BCUT2D eigenvalue weighted by Gasteiger charge is 2.42. The SMILES string of the molecule is CCn1ccc(NC(=O)[C@]2(C)CC(c3cccc(F)c3)=NO2)n1. The summed E-state index contributed by atoms with van der Waals surface area (Å²) in [5.74, 6) is -0.233. The Kier molecular flexibility index (Phi) is 3.85. The normalized spacial score (nSPS) is 20.0. The van der Waals surface area contributed by atoms with E-state index in [2.05, 4.69) is 15.6 Å². The summed E-state index contributed by atoms with van der Waals surface area (Å²) in [6.45, 7) is 4.32. The third-order valence-corrected chi connectivity index (χ3v) is 3.71. The van der Waals surface area contributed by atoms with Crippen molar-refractivity contribution in [1.82, 2.24) is 9.78 Å². The minimum atomic E-state index is -1.14. The van der Waals surface area contributed by atoms with Crippen molar-refractivity contribution >= 4 is 17.4 Å².